The number of hydrogen-bond donors (Lipinski definition) is 2. The van der Waals surface area contributed by atoms with E-state index < -0.39 is 27.8 Å². The van der Waals surface area contributed by atoms with E-state index >= 15 is 0 Å². The Kier molecular flexibility index (Phi) is 8.89. The molecule has 10 heteroatoms. The minimum absolute atomic E-state index is 0.129. The topological polar surface area (TPSA) is 129 Å². The van der Waals surface area contributed by atoms with E-state index in [1.54, 1.807) is 24.3 Å². The summed E-state index contributed by atoms with van der Waals surface area (Å²) in [6, 6.07) is 21.9. The molecule has 0 bridgehead atoms. The van der Waals surface area contributed by atoms with Gasteiger partial charge in [0, 0.05) is 0 Å². The Balaban J connectivity index is 0.000000968. The molecule has 2 N–H and O–H groups in total. The second-order valence-corrected chi connectivity index (χ2v) is 7.73. The number of hydrogen-bond acceptors (Lipinski definition) is 7. The van der Waals surface area contributed by atoms with Crippen LogP contribution >= 0.6 is 12.2 Å². The molecule has 8 nitrogen and oxygen atoms in total. The van der Waals surface area contributed by atoms with Crippen molar-refractivity contribution in [1.82, 2.24) is 10.9 Å². The zero-order valence-corrected chi connectivity index (χ0v) is 22.0. The fourth-order valence-corrected chi connectivity index (χ4v) is 3.13. The third-order valence-corrected chi connectivity index (χ3v) is 4.68. The molecule has 4 aromatic rings. The molecule has 0 fully saturated rings. The number of hydrazone groups is 2. The molecular formula is C23H16N4O4SU. The van der Waals surface area contributed by atoms with Crippen LogP contribution in [0.5, 0.6) is 11.5 Å². The van der Waals surface area contributed by atoms with Crippen LogP contribution in [0.15, 0.2) is 83.0 Å². The van der Waals surface area contributed by atoms with Crippen molar-refractivity contribution in [3.8, 4) is 11.5 Å². The van der Waals surface area contributed by atoms with Gasteiger partial charge in [-0.05, 0) is 57.0 Å². The first kappa shape index (κ1) is 24.3. The summed E-state index contributed by atoms with van der Waals surface area (Å²) >= 11 is 2.59. The molecule has 0 atom stereocenters. The number of fused-ring (bicyclic) bond motifs is 2. The minimum atomic E-state index is -2.51. The van der Waals surface area contributed by atoms with Crippen molar-refractivity contribution in [1.29, 1.82) is 0 Å². The molecule has 0 saturated carbocycles. The third kappa shape index (κ3) is 6.83. The number of rotatable bonds is 4. The van der Waals surface area contributed by atoms with Crippen molar-refractivity contribution < 1.29 is 42.5 Å². The van der Waals surface area contributed by atoms with E-state index in [0.717, 1.165) is 21.5 Å². The normalized spacial score (nSPS) is 10.7. The molecule has 0 heterocycles. The van der Waals surface area contributed by atoms with Crippen LogP contribution in [0.1, 0.15) is 11.1 Å². The average Bonchev–Trinajstić information content (AvgIpc) is 2.80. The first-order valence-corrected chi connectivity index (χ1v) is 13.3. The van der Waals surface area contributed by atoms with Gasteiger partial charge in [0.25, 0.3) is 0 Å². The van der Waals surface area contributed by atoms with Crippen LogP contribution in [0, 0.1) is 27.8 Å². The van der Waals surface area contributed by atoms with Crippen molar-refractivity contribution in [2.45, 2.75) is 0 Å². The van der Waals surface area contributed by atoms with E-state index in [-0.39, 0.29) is 16.6 Å². The third-order valence-electron chi connectivity index (χ3n) is 4.50. The van der Waals surface area contributed by atoms with Gasteiger partial charge in [0.05, 0.1) is 12.4 Å². The standard InChI is InChI=1S/C23H18N4O2S.2O.U/c28-21-11-17-7-3-1-5-15(17)9-19(21)13-24-26-23(30)27-25-14-20-10-16-6-2-4-8-18(16)12-22(20)29;;;/h1-14,28-29H,(H2,26,27,30);;;/q;;;+2/p-2/b24-13+,25-14+;;;. The molecule has 0 spiro atoms. The Hall–Kier alpha value is -3.32. The molecule has 0 aliphatic rings. The molecule has 4 rings (SSSR count). The molecule has 33 heavy (non-hydrogen) atoms. The van der Waals surface area contributed by atoms with Gasteiger partial charge in [-0.1, -0.05) is 72.2 Å². The summed E-state index contributed by atoms with van der Waals surface area (Å²) < 4.78 is 17.2. The van der Waals surface area contributed by atoms with E-state index in [1.165, 1.54) is 12.4 Å². The Bertz CT molecular complexity index is 1300. The number of nitrogens with zero attached hydrogens (tertiary/aromatic N) is 2. The van der Waals surface area contributed by atoms with Crippen LogP contribution in [-0.2, 0) is 4.47 Å². The van der Waals surface area contributed by atoms with Crippen LogP contribution in [0.3, 0.4) is 0 Å². The molecule has 0 saturated heterocycles. The van der Waals surface area contributed by atoms with Gasteiger partial charge in [-0.15, -0.1) is 0 Å². The summed E-state index contributed by atoms with van der Waals surface area (Å²) in [7, 11) is 0. The Morgan fingerprint density at radius 2 is 1.06 bits per heavy atom. The van der Waals surface area contributed by atoms with Crippen molar-refractivity contribution in [3.05, 3.63) is 83.9 Å². The van der Waals surface area contributed by atoms with E-state index in [2.05, 4.69) is 21.1 Å². The number of thiocarbonyl (C=S) groups is 1. The summed E-state index contributed by atoms with van der Waals surface area (Å²) in [6.07, 6.45) is 2.82. The average molecular weight is 683 g/mol. The quantitative estimate of drug-likeness (QED) is 0.193. The molecule has 0 aromatic heterocycles. The number of benzene rings is 4. The van der Waals surface area contributed by atoms with Crippen LogP contribution in [0.4, 0.5) is 0 Å². The fourth-order valence-electron chi connectivity index (χ4n) is 3.02. The SMILES string of the molecule is [O-]c1cc2ccccc2cc1/C=N/NC(=S)N/N=C/c1cc2ccccc2cc1[O-].[O]=[U+2]=[O]. The molecule has 0 aliphatic carbocycles. The maximum atomic E-state index is 12.1. The van der Waals surface area contributed by atoms with Gasteiger partial charge >= 0.3 is 32.3 Å². The first-order valence-electron chi connectivity index (χ1n) is 9.53. The van der Waals surface area contributed by atoms with Gasteiger partial charge < -0.3 is 10.2 Å². The Labute approximate surface area is 209 Å². The molecule has 0 amide bonds. The monoisotopic (exact) mass is 682 g/mol. The van der Waals surface area contributed by atoms with Crippen molar-refractivity contribution in [2.24, 2.45) is 10.2 Å². The summed E-state index contributed by atoms with van der Waals surface area (Å²) in [4.78, 5) is 0. The van der Waals surface area contributed by atoms with E-state index in [9.17, 15) is 10.2 Å². The second kappa shape index (κ2) is 12.1. The van der Waals surface area contributed by atoms with Crippen LogP contribution < -0.4 is 21.1 Å². The van der Waals surface area contributed by atoms with Crippen molar-refractivity contribution >= 4 is 51.3 Å². The van der Waals surface area contributed by atoms with Crippen LogP contribution in [-0.4, -0.2) is 17.5 Å². The van der Waals surface area contributed by atoms with Crippen LogP contribution in [0.2, 0.25) is 0 Å². The van der Waals surface area contributed by atoms with E-state index in [1.807, 2.05) is 48.5 Å². The van der Waals surface area contributed by atoms with Crippen molar-refractivity contribution in [2.75, 3.05) is 0 Å². The molecule has 0 radical (unpaired) electrons. The Morgan fingerprint density at radius 3 is 1.42 bits per heavy atom. The first-order chi connectivity index (χ1) is 16.0. The van der Waals surface area contributed by atoms with Gasteiger partial charge in [-0.3, -0.25) is 10.9 Å². The van der Waals surface area contributed by atoms with Crippen LogP contribution in [0.25, 0.3) is 21.5 Å². The molecule has 162 valence electrons. The van der Waals surface area contributed by atoms with E-state index in [0.29, 0.717) is 11.1 Å². The summed E-state index contributed by atoms with van der Waals surface area (Å²) in [5, 5.41) is 36.0. The summed E-state index contributed by atoms with van der Waals surface area (Å²) in [6.45, 7) is 0. The van der Waals surface area contributed by atoms with Gasteiger partial charge in [0.15, 0.2) is 0 Å². The van der Waals surface area contributed by atoms with E-state index in [4.69, 9.17) is 16.7 Å². The predicted octanol–water partition coefficient (Wildman–Crippen LogP) is 2.73. The van der Waals surface area contributed by atoms with Gasteiger partial charge in [-0.25, -0.2) is 0 Å². The summed E-state index contributed by atoms with van der Waals surface area (Å²) in [5.74, 6) is -0.258. The van der Waals surface area contributed by atoms with Gasteiger partial charge in [0.2, 0.25) is 5.11 Å². The fraction of sp³-hybridized carbons (Fsp3) is 0. The van der Waals surface area contributed by atoms with Crippen molar-refractivity contribution in [3.63, 3.8) is 0 Å². The molecule has 0 unspecified atom stereocenters. The Morgan fingerprint density at radius 1 is 0.727 bits per heavy atom. The molecule has 4 aromatic carbocycles. The maximum absolute atomic E-state index is 12.1. The molecule has 0 aliphatic heterocycles. The predicted molar refractivity (Wildman–Crippen MR) is 122 cm³/mol. The zero-order chi connectivity index (χ0) is 23.6. The number of nitrogens with one attached hydrogen (secondary N) is 2. The zero-order valence-electron chi connectivity index (χ0n) is 17.0. The molecular weight excluding hydrogens is 666 g/mol. The van der Waals surface area contributed by atoms with Gasteiger partial charge in [-0.2, -0.15) is 10.2 Å². The summed E-state index contributed by atoms with van der Waals surface area (Å²) in [5.41, 5.74) is 6.08. The van der Waals surface area contributed by atoms with Gasteiger partial charge in [0.1, 0.15) is 0 Å². The second-order valence-electron chi connectivity index (χ2n) is 6.63.